The van der Waals surface area contributed by atoms with Gasteiger partial charge in [0.1, 0.15) is 0 Å². The predicted molar refractivity (Wildman–Crippen MR) is 113 cm³/mol. The Morgan fingerprint density at radius 2 is 1.86 bits per heavy atom. The Hall–Kier alpha value is -2.06. The normalized spacial score (nSPS) is 12.5. The molecule has 1 atom stereocenters. The van der Waals surface area contributed by atoms with Crippen molar-refractivity contribution in [3.05, 3.63) is 29.3 Å². The molecule has 9 heteroatoms. The molecule has 2 aromatic rings. The number of hydrogen-bond acceptors (Lipinski definition) is 5. The van der Waals surface area contributed by atoms with Gasteiger partial charge in [-0.25, -0.2) is 4.79 Å². The van der Waals surface area contributed by atoms with E-state index in [1.54, 1.807) is 19.1 Å². The highest BCUT2D eigenvalue weighted by atomic mass is 35.5. The maximum atomic E-state index is 12.4. The van der Waals surface area contributed by atoms with E-state index < -0.39 is 16.8 Å². The number of aromatic nitrogens is 3. The molecule has 0 aliphatic heterocycles. The molecule has 2 N–H and O–H groups in total. The minimum Gasteiger partial charge on any atom is -0.333 e. The van der Waals surface area contributed by atoms with Crippen LogP contribution in [0.1, 0.15) is 41.0 Å². The van der Waals surface area contributed by atoms with Crippen LogP contribution in [0, 0.1) is 0 Å². The van der Waals surface area contributed by atoms with Crippen molar-refractivity contribution in [1.29, 1.82) is 0 Å². The number of thioether (sulfide) groups is 1. The number of hydrogen-bond donors (Lipinski definition) is 2. The third-order valence-corrected chi connectivity index (χ3v) is 4.98. The number of imide groups is 1. The molecule has 1 heterocycles. The number of nitrogens with one attached hydrogen (secondary N) is 2. The molecule has 1 aromatic heterocycles. The van der Waals surface area contributed by atoms with Crippen LogP contribution in [0.2, 0.25) is 5.02 Å². The zero-order valence-electron chi connectivity index (χ0n) is 16.7. The van der Waals surface area contributed by atoms with E-state index in [0.29, 0.717) is 16.7 Å². The molecule has 0 saturated heterocycles. The van der Waals surface area contributed by atoms with Crippen LogP contribution < -0.4 is 10.6 Å². The first-order chi connectivity index (χ1) is 13.1. The molecule has 0 radical (unpaired) electrons. The van der Waals surface area contributed by atoms with Gasteiger partial charge in [-0.1, -0.05) is 30.3 Å². The van der Waals surface area contributed by atoms with E-state index in [1.165, 1.54) is 11.8 Å². The summed E-state index contributed by atoms with van der Waals surface area (Å²) in [7, 11) is 0. The molecule has 0 unspecified atom stereocenters. The van der Waals surface area contributed by atoms with Crippen LogP contribution >= 0.6 is 23.4 Å². The van der Waals surface area contributed by atoms with Gasteiger partial charge in [-0.05, 0) is 58.4 Å². The lowest BCUT2D eigenvalue weighted by atomic mass is 10.1. The van der Waals surface area contributed by atoms with Gasteiger partial charge in [-0.3, -0.25) is 10.1 Å². The van der Waals surface area contributed by atoms with Crippen LogP contribution in [0.3, 0.4) is 0 Å². The largest absolute Gasteiger partial charge is 0.333 e. The van der Waals surface area contributed by atoms with Crippen molar-refractivity contribution >= 4 is 35.3 Å². The Kier molecular flexibility index (Phi) is 7.48. The average molecular weight is 424 g/mol. The first kappa shape index (κ1) is 22.2. The molecule has 1 aromatic carbocycles. The van der Waals surface area contributed by atoms with Crippen molar-refractivity contribution in [3.63, 3.8) is 0 Å². The van der Waals surface area contributed by atoms with Gasteiger partial charge in [0.15, 0.2) is 11.0 Å². The first-order valence-electron chi connectivity index (χ1n) is 9.09. The fourth-order valence-electron chi connectivity index (χ4n) is 2.41. The Bertz CT molecular complexity index is 830. The highest BCUT2D eigenvalue weighted by Crippen LogP contribution is 2.28. The quantitative estimate of drug-likeness (QED) is 0.682. The Morgan fingerprint density at radius 1 is 1.21 bits per heavy atom. The number of urea groups is 1. The summed E-state index contributed by atoms with van der Waals surface area (Å²) in [6, 6.07) is 6.87. The van der Waals surface area contributed by atoms with Crippen LogP contribution in [0.25, 0.3) is 11.4 Å². The van der Waals surface area contributed by atoms with E-state index in [2.05, 4.69) is 27.8 Å². The Labute approximate surface area is 174 Å². The number of benzene rings is 1. The lowest BCUT2D eigenvalue weighted by Gasteiger charge is -2.21. The minimum atomic E-state index is -0.512. The molecule has 3 amide bonds. The monoisotopic (exact) mass is 423 g/mol. The number of nitrogens with zero attached hydrogens (tertiary/aromatic N) is 3. The fraction of sp³-hybridized carbons (Fsp3) is 0.474. The Balaban J connectivity index is 2.13. The predicted octanol–water partition coefficient (Wildman–Crippen LogP) is 4.11. The summed E-state index contributed by atoms with van der Waals surface area (Å²) in [5.74, 6) is 0.338. The second kappa shape index (κ2) is 9.43. The van der Waals surface area contributed by atoms with Gasteiger partial charge in [0.2, 0.25) is 5.91 Å². The summed E-state index contributed by atoms with van der Waals surface area (Å²) in [4.78, 5) is 24.3. The van der Waals surface area contributed by atoms with Crippen LogP contribution in [0.5, 0.6) is 0 Å². The van der Waals surface area contributed by atoms with Crippen molar-refractivity contribution < 1.29 is 9.59 Å². The first-order valence-corrected chi connectivity index (χ1v) is 10.3. The maximum Gasteiger partial charge on any atom is 0.321 e. The van der Waals surface area contributed by atoms with Gasteiger partial charge in [0.05, 0.1) is 5.25 Å². The van der Waals surface area contributed by atoms with E-state index in [-0.39, 0.29) is 5.91 Å². The van der Waals surface area contributed by atoms with Crippen LogP contribution in [-0.4, -0.2) is 37.5 Å². The zero-order chi connectivity index (χ0) is 20.9. The van der Waals surface area contributed by atoms with Crippen molar-refractivity contribution in [2.24, 2.45) is 0 Å². The molecule has 0 spiro atoms. The lowest BCUT2D eigenvalue weighted by Crippen LogP contribution is -2.49. The van der Waals surface area contributed by atoms with E-state index in [4.69, 9.17) is 11.6 Å². The van der Waals surface area contributed by atoms with E-state index in [1.807, 2.05) is 37.5 Å². The molecule has 152 valence electrons. The minimum absolute atomic E-state index is 0.383. The molecule has 0 aliphatic rings. The standard InChI is InChI=1S/C19H26ClN5O2S/c1-6-11-25-15(13-7-9-14(20)10-8-13)23-24-18(25)28-12(2)16(26)21-17(27)22-19(3,4)5/h7-10,12H,6,11H2,1-5H3,(H2,21,22,26,27)/t12-/m1/s1. The average Bonchev–Trinajstić information content (AvgIpc) is 2.96. The third kappa shape index (κ3) is 6.24. The van der Waals surface area contributed by atoms with E-state index in [9.17, 15) is 9.59 Å². The summed E-state index contributed by atoms with van der Waals surface area (Å²) in [5.41, 5.74) is 0.481. The van der Waals surface area contributed by atoms with Crippen molar-refractivity contribution in [3.8, 4) is 11.4 Å². The fourth-order valence-corrected chi connectivity index (χ4v) is 3.41. The molecule has 0 saturated carbocycles. The zero-order valence-corrected chi connectivity index (χ0v) is 18.3. The smallest absolute Gasteiger partial charge is 0.321 e. The second-order valence-electron chi connectivity index (χ2n) is 7.42. The summed E-state index contributed by atoms with van der Waals surface area (Å²) >= 11 is 7.23. The van der Waals surface area contributed by atoms with Gasteiger partial charge >= 0.3 is 6.03 Å². The van der Waals surface area contributed by atoms with Gasteiger partial charge < -0.3 is 9.88 Å². The lowest BCUT2D eigenvalue weighted by molar-refractivity contribution is -0.119. The molecular weight excluding hydrogens is 398 g/mol. The second-order valence-corrected chi connectivity index (χ2v) is 9.16. The summed E-state index contributed by atoms with van der Waals surface area (Å²) < 4.78 is 1.98. The maximum absolute atomic E-state index is 12.4. The van der Waals surface area contributed by atoms with Crippen LogP contribution in [0.4, 0.5) is 4.79 Å². The summed E-state index contributed by atoms with van der Waals surface area (Å²) in [6.07, 6.45) is 0.890. The third-order valence-electron chi connectivity index (χ3n) is 3.64. The molecule has 28 heavy (non-hydrogen) atoms. The van der Waals surface area contributed by atoms with Crippen molar-refractivity contribution in [1.82, 2.24) is 25.4 Å². The summed E-state index contributed by atoms with van der Waals surface area (Å²) in [6.45, 7) is 10.1. The highest BCUT2D eigenvalue weighted by Gasteiger charge is 2.23. The molecule has 0 aliphatic carbocycles. The number of rotatable bonds is 6. The van der Waals surface area contributed by atoms with Crippen molar-refractivity contribution in [2.75, 3.05) is 0 Å². The molecule has 0 fully saturated rings. The van der Waals surface area contributed by atoms with Crippen molar-refractivity contribution in [2.45, 2.75) is 63.5 Å². The van der Waals surface area contributed by atoms with E-state index >= 15 is 0 Å². The number of amides is 3. The molecule has 2 rings (SSSR count). The van der Waals surface area contributed by atoms with Gasteiger partial charge in [-0.15, -0.1) is 10.2 Å². The molecule has 7 nitrogen and oxygen atoms in total. The van der Waals surface area contributed by atoms with Gasteiger partial charge in [0.25, 0.3) is 0 Å². The molecular formula is C19H26ClN5O2S. The number of halogens is 1. The van der Waals surface area contributed by atoms with Gasteiger partial charge in [-0.2, -0.15) is 0 Å². The Morgan fingerprint density at radius 3 is 2.43 bits per heavy atom. The highest BCUT2D eigenvalue weighted by molar-refractivity contribution is 8.00. The van der Waals surface area contributed by atoms with Crippen LogP contribution in [0.15, 0.2) is 29.4 Å². The van der Waals surface area contributed by atoms with Crippen LogP contribution in [-0.2, 0) is 11.3 Å². The van der Waals surface area contributed by atoms with E-state index in [0.717, 1.165) is 17.8 Å². The van der Waals surface area contributed by atoms with Gasteiger partial charge in [0, 0.05) is 22.7 Å². The SMILES string of the molecule is CCCn1c(S[C@H](C)C(=O)NC(=O)NC(C)(C)C)nnc1-c1ccc(Cl)cc1. The molecule has 0 bridgehead atoms. The number of carbonyl (C=O) groups excluding carboxylic acids is 2. The number of carbonyl (C=O) groups is 2. The summed E-state index contributed by atoms with van der Waals surface area (Å²) in [5, 5.41) is 14.4. The topological polar surface area (TPSA) is 88.9 Å².